The number of rotatable bonds is 11. The molecular weight excluding hydrogens is 621 g/mol. The number of amides is 1. The Labute approximate surface area is 270 Å². The second kappa shape index (κ2) is 15.1. The number of imidazole rings is 1. The summed E-state index contributed by atoms with van der Waals surface area (Å²) in [5, 5.41) is 15.9. The van der Waals surface area contributed by atoms with Crippen molar-refractivity contribution in [3.8, 4) is 6.07 Å². The molecular formula is C33H32ClF3N6OS. The summed E-state index contributed by atoms with van der Waals surface area (Å²) >= 11 is 11.7. The second-order valence-corrected chi connectivity index (χ2v) is 11.7. The zero-order valence-electron chi connectivity index (χ0n) is 24.7. The quantitative estimate of drug-likeness (QED) is 0.169. The third kappa shape index (κ3) is 9.54. The van der Waals surface area contributed by atoms with E-state index in [9.17, 15) is 18.0 Å². The lowest BCUT2D eigenvalue weighted by atomic mass is 10.0. The highest BCUT2D eigenvalue weighted by Gasteiger charge is 2.34. The maximum absolute atomic E-state index is 13.9. The Morgan fingerprint density at radius 3 is 2.42 bits per heavy atom. The van der Waals surface area contributed by atoms with Crippen LogP contribution in [0.4, 0.5) is 18.9 Å². The number of halogens is 4. The predicted molar refractivity (Wildman–Crippen MR) is 172 cm³/mol. The van der Waals surface area contributed by atoms with E-state index in [1.54, 1.807) is 59.9 Å². The van der Waals surface area contributed by atoms with Crippen molar-refractivity contribution in [2.75, 3.05) is 11.9 Å². The molecule has 3 aromatic carbocycles. The number of carbonyl (C=O) groups is 1. The number of nitrogens with zero attached hydrogens (tertiary/aromatic N) is 4. The number of nitriles is 1. The highest BCUT2D eigenvalue weighted by Crippen LogP contribution is 2.32. The average molecular weight is 653 g/mol. The number of carbonyl (C=O) groups excluding carboxylic acids is 1. The Morgan fingerprint density at radius 2 is 1.78 bits per heavy atom. The van der Waals surface area contributed by atoms with E-state index in [4.69, 9.17) is 29.1 Å². The topological polar surface area (TPSA) is 86.0 Å². The van der Waals surface area contributed by atoms with Gasteiger partial charge in [-0.05, 0) is 71.7 Å². The van der Waals surface area contributed by atoms with Crippen molar-refractivity contribution in [1.82, 2.24) is 19.8 Å². The lowest BCUT2D eigenvalue weighted by Crippen LogP contribution is -2.49. The number of benzene rings is 3. The smallest absolute Gasteiger partial charge is 0.351 e. The SMILES string of the molecule is CC(C)[C@@H](CN(Cc1ccccc1C(F)(F)F)C(=S)Nc1ccc(Cl)cc1)NC(=O)Cc1cncn1Cc1ccc(C#N)cc1. The van der Waals surface area contributed by atoms with Gasteiger partial charge in [-0.2, -0.15) is 18.4 Å². The molecule has 12 heteroatoms. The Hall–Kier alpha value is -4.40. The van der Waals surface area contributed by atoms with Crippen LogP contribution in [0.3, 0.4) is 0 Å². The molecule has 0 radical (unpaired) electrons. The first-order chi connectivity index (χ1) is 21.4. The van der Waals surface area contributed by atoms with Gasteiger partial charge in [0.25, 0.3) is 0 Å². The fraction of sp³-hybridized carbons (Fsp3) is 0.273. The minimum atomic E-state index is -4.54. The van der Waals surface area contributed by atoms with Crippen LogP contribution in [0.25, 0.3) is 0 Å². The van der Waals surface area contributed by atoms with Crippen molar-refractivity contribution >= 4 is 40.5 Å². The fourth-order valence-electron chi connectivity index (χ4n) is 4.70. The van der Waals surface area contributed by atoms with Crippen LogP contribution in [0.15, 0.2) is 85.3 Å². The highest BCUT2D eigenvalue weighted by molar-refractivity contribution is 7.80. The molecule has 1 aromatic heterocycles. The summed E-state index contributed by atoms with van der Waals surface area (Å²) in [6.07, 6.45) is -1.23. The number of nitrogens with one attached hydrogen (secondary N) is 2. The third-order valence-corrected chi connectivity index (χ3v) is 7.82. The van der Waals surface area contributed by atoms with E-state index >= 15 is 0 Å². The molecule has 0 spiro atoms. The van der Waals surface area contributed by atoms with Crippen LogP contribution in [-0.4, -0.2) is 38.1 Å². The lowest BCUT2D eigenvalue weighted by Gasteiger charge is -2.33. The molecule has 1 atom stereocenters. The van der Waals surface area contributed by atoms with Crippen LogP contribution in [0.1, 0.15) is 41.8 Å². The van der Waals surface area contributed by atoms with E-state index in [0.717, 1.165) is 11.6 Å². The van der Waals surface area contributed by atoms with Gasteiger partial charge in [-0.25, -0.2) is 4.98 Å². The molecule has 1 heterocycles. The molecule has 2 N–H and O–H groups in total. The molecule has 0 aliphatic rings. The molecule has 0 fully saturated rings. The molecule has 0 aliphatic carbocycles. The molecule has 1 amide bonds. The van der Waals surface area contributed by atoms with Gasteiger partial charge in [-0.3, -0.25) is 4.79 Å². The van der Waals surface area contributed by atoms with Crippen LogP contribution in [0.5, 0.6) is 0 Å². The van der Waals surface area contributed by atoms with E-state index in [-0.39, 0.29) is 42.0 Å². The summed E-state index contributed by atoms with van der Waals surface area (Å²) in [5.74, 6) is -0.335. The van der Waals surface area contributed by atoms with Gasteiger partial charge in [0.15, 0.2) is 5.11 Å². The monoisotopic (exact) mass is 652 g/mol. The highest BCUT2D eigenvalue weighted by atomic mass is 35.5. The Bertz CT molecular complexity index is 1650. The summed E-state index contributed by atoms with van der Waals surface area (Å²) in [6.45, 7) is 4.35. The van der Waals surface area contributed by atoms with Gasteiger partial charge in [-0.15, -0.1) is 0 Å². The van der Waals surface area contributed by atoms with Crippen molar-refractivity contribution in [2.45, 2.75) is 45.6 Å². The van der Waals surface area contributed by atoms with Gasteiger partial charge in [0.2, 0.25) is 5.91 Å². The number of thiocarbonyl (C=S) groups is 1. The van der Waals surface area contributed by atoms with E-state index in [1.165, 1.54) is 12.1 Å². The number of anilines is 1. The Balaban J connectivity index is 1.51. The first-order valence-electron chi connectivity index (χ1n) is 14.2. The second-order valence-electron chi connectivity index (χ2n) is 10.9. The standard InChI is InChI=1S/C33H32ClF3N6OS/c1-22(2)30(41-31(44)15-28-17-39-21-43(28)18-24-9-7-23(16-38)8-10-24)20-42(32(45)40-27-13-11-26(34)12-14-27)19-25-5-3-4-6-29(25)33(35,36)37/h3-14,17,21-22,30H,15,18-20H2,1-2H3,(H,40,45)(H,41,44)/t30-/m1/s1. The summed E-state index contributed by atoms with van der Waals surface area (Å²) in [6, 6.07) is 21.0. The largest absolute Gasteiger partial charge is 0.416 e. The van der Waals surface area contributed by atoms with Crippen molar-refractivity contribution in [1.29, 1.82) is 5.26 Å². The zero-order valence-corrected chi connectivity index (χ0v) is 26.3. The maximum Gasteiger partial charge on any atom is 0.416 e. The first kappa shape index (κ1) is 33.5. The van der Waals surface area contributed by atoms with Crippen molar-refractivity contribution in [3.63, 3.8) is 0 Å². The molecule has 0 saturated heterocycles. The summed E-state index contributed by atoms with van der Waals surface area (Å²) in [7, 11) is 0. The van der Waals surface area contributed by atoms with Crippen molar-refractivity contribution < 1.29 is 18.0 Å². The van der Waals surface area contributed by atoms with Crippen LogP contribution in [-0.2, 0) is 30.5 Å². The van der Waals surface area contributed by atoms with E-state index in [1.807, 2.05) is 30.5 Å². The summed E-state index contributed by atoms with van der Waals surface area (Å²) < 4.78 is 43.5. The van der Waals surface area contributed by atoms with E-state index in [0.29, 0.717) is 28.5 Å². The molecule has 0 bridgehead atoms. The van der Waals surface area contributed by atoms with Crippen LogP contribution in [0.2, 0.25) is 5.02 Å². The van der Waals surface area contributed by atoms with Crippen LogP contribution < -0.4 is 10.6 Å². The molecule has 234 valence electrons. The number of alkyl halides is 3. The van der Waals surface area contributed by atoms with E-state index < -0.39 is 17.8 Å². The number of aromatic nitrogens is 2. The molecule has 4 rings (SSSR count). The molecule has 0 saturated carbocycles. The van der Waals surface area contributed by atoms with Gasteiger partial charge >= 0.3 is 6.18 Å². The number of hydrogen-bond acceptors (Lipinski definition) is 4. The predicted octanol–water partition coefficient (Wildman–Crippen LogP) is 7.06. The van der Waals surface area contributed by atoms with Gasteiger partial charge in [0.05, 0.1) is 29.9 Å². The van der Waals surface area contributed by atoms with Crippen molar-refractivity contribution in [3.05, 3.63) is 118 Å². The maximum atomic E-state index is 13.9. The average Bonchev–Trinajstić information content (AvgIpc) is 3.43. The lowest BCUT2D eigenvalue weighted by molar-refractivity contribution is -0.138. The molecule has 4 aromatic rings. The van der Waals surface area contributed by atoms with Gasteiger partial charge in [0, 0.05) is 48.3 Å². The summed E-state index contributed by atoms with van der Waals surface area (Å²) in [4.78, 5) is 19.2. The van der Waals surface area contributed by atoms with Crippen LogP contribution in [0, 0.1) is 17.2 Å². The molecule has 7 nitrogen and oxygen atoms in total. The molecule has 0 unspecified atom stereocenters. The Morgan fingerprint density at radius 1 is 1.09 bits per heavy atom. The fourth-order valence-corrected chi connectivity index (χ4v) is 5.08. The Kier molecular flexibility index (Phi) is 11.2. The van der Waals surface area contributed by atoms with Crippen LogP contribution >= 0.6 is 23.8 Å². The minimum Gasteiger partial charge on any atom is -0.351 e. The van der Waals surface area contributed by atoms with Gasteiger partial charge in [-0.1, -0.05) is 55.8 Å². The van der Waals surface area contributed by atoms with Crippen molar-refractivity contribution in [2.24, 2.45) is 5.92 Å². The molecule has 45 heavy (non-hydrogen) atoms. The summed E-state index contributed by atoms with van der Waals surface area (Å²) in [5.41, 5.74) is 2.14. The normalized spacial score (nSPS) is 12.0. The number of hydrogen-bond donors (Lipinski definition) is 2. The molecule has 0 aliphatic heterocycles. The minimum absolute atomic E-state index is 0.0455. The van der Waals surface area contributed by atoms with Gasteiger partial charge < -0.3 is 20.1 Å². The third-order valence-electron chi connectivity index (χ3n) is 7.21. The first-order valence-corrected chi connectivity index (χ1v) is 15.0. The van der Waals surface area contributed by atoms with E-state index in [2.05, 4.69) is 21.7 Å². The van der Waals surface area contributed by atoms with Gasteiger partial charge in [0.1, 0.15) is 0 Å². The zero-order chi connectivity index (χ0) is 32.6.